The van der Waals surface area contributed by atoms with Gasteiger partial charge in [0.05, 0.1) is 12.4 Å². The smallest absolute Gasteiger partial charge is 0.277 e. The van der Waals surface area contributed by atoms with Gasteiger partial charge in [0, 0.05) is 0 Å². The lowest BCUT2D eigenvalue weighted by Gasteiger charge is -2.17. The van der Waals surface area contributed by atoms with E-state index < -0.39 is 36.2 Å². The Morgan fingerprint density at radius 3 is 2.80 bits per heavy atom. The molecule has 0 amide bonds. The Morgan fingerprint density at radius 2 is 2.15 bits per heavy atom. The lowest BCUT2D eigenvalue weighted by atomic mass is 10.1. The minimum absolute atomic E-state index is 0.134. The molecular weight excluding hydrogens is 268 g/mol. The summed E-state index contributed by atoms with van der Waals surface area (Å²) < 4.78 is 6.75. The number of rotatable bonds is 2. The van der Waals surface area contributed by atoms with E-state index in [9.17, 15) is 20.1 Å². The van der Waals surface area contributed by atoms with E-state index in [1.807, 2.05) is 0 Å². The number of ether oxygens (including phenoxy) is 1. The standard InChI is InChI=1S/C11H14N4O5/c1-4(16)8-6(17)7(18)11(20-8)15-3-14-9-5(15)10(19)13-2-12-9/h2-4,6-8,11,16-18H,1H3,(H,12,13,19)/t4-,6-,7+,8-,11-/m0/s1. The predicted molar refractivity (Wildman–Crippen MR) is 65.8 cm³/mol. The number of aliphatic hydroxyl groups excluding tert-OH is 3. The summed E-state index contributed by atoms with van der Waals surface area (Å²) in [5, 5.41) is 29.4. The molecule has 0 saturated carbocycles. The zero-order chi connectivity index (χ0) is 14.4. The summed E-state index contributed by atoms with van der Waals surface area (Å²) in [6, 6.07) is 0. The van der Waals surface area contributed by atoms with Crippen LogP contribution in [0.4, 0.5) is 0 Å². The number of aromatic amines is 1. The molecule has 2 aromatic heterocycles. The van der Waals surface area contributed by atoms with Gasteiger partial charge in [0.25, 0.3) is 5.56 Å². The highest BCUT2D eigenvalue weighted by Gasteiger charge is 2.46. The lowest BCUT2D eigenvalue weighted by molar-refractivity contribution is -0.0776. The second-order valence-electron chi connectivity index (χ2n) is 4.77. The number of aromatic nitrogens is 4. The van der Waals surface area contributed by atoms with Crippen molar-refractivity contribution in [3.05, 3.63) is 23.0 Å². The maximum atomic E-state index is 11.8. The third-order valence-corrected chi connectivity index (χ3v) is 3.40. The first-order valence-corrected chi connectivity index (χ1v) is 6.10. The Hall–Kier alpha value is -1.81. The molecule has 0 radical (unpaired) electrons. The Labute approximate surface area is 112 Å². The predicted octanol–water partition coefficient (Wildman–Crippen LogP) is -1.88. The highest BCUT2D eigenvalue weighted by atomic mass is 16.6. The fourth-order valence-electron chi connectivity index (χ4n) is 2.39. The van der Waals surface area contributed by atoms with Gasteiger partial charge in [0.2, 0.25) is 0 Å². The summed E-state index contributed by atoms with van der Waals surface area (Å²) in [7, 11) is 0. The summed E-state index contributed by atoms with van der Waals surface area (Å²) in [5.74, 6) is 0. The van der Waals surface area contributed by atoms with Crippen molar-refractivity contribution in [1.29, 1.82) is 0 Å². The average Bonchev–Trinajstić information content (AvgIpc) is 2.94. The summed E-state index contributed by atoms with van der Waals surface area (Å²) in [6.45, 7) is 1.45. The minimum Gasteiger partial charge on any atom is -0.391 e. The molecule has 4 N–H and O–H groups in total. The SMILES string of the molecule is C[C@H](O)[C@@H]1O[C@H](n2cnc3nc[nH]c(=O)c32)[C@H](O)[C@@H]1O. The molecule has 9 heteroatoms. The molecule has 1 aliphatic heterocycles. The van der Waals surface area contributed by atoms with Crippen LogP contribution in [0, 0.1) is 0 Å². The van der Waals surface area contributed by atoms with Crippen molar-refractivity contribution in [3.63, 3.8) is 0 Å². The number of nitrogens with one attached hydrogen (secondary N) is 1. The molecule has 0 aliphatic carbocycles. The van der Waals surface area contributed by atoms with Crippen LogP contribution in [0.2, 0.25) is 0 Å². The molecule has 2 aromatic rings. The second-order valence-corrected chi connectivity index (χ2v) is 4.77. The van der Waals surface area contributed by atoms with Crippen LogP contribution in [-0.4, -0.2) is 59.3 Å². The van der Waals surface area contributed by atoms with Gasteiger partial charge >= 0.3 is 0 Å². The quantitative estimate of drug-likeness (QED) is 0.506. The normalized spacial score (nSPS) is 31.8. The van der Waals surface area contributed by atoms with Crippen molar-refractivity contribution in [3.8, 4) is 0 Å². The maximum Gasteiger partial charge on any atom is 0.277 e. The van der Waals surface area contributed by atoms with Gasteiger partial charge in [-0.15, -0.1) is 0 Å². The van der Waals surface area contributed by atoms with Crippen molar-refractivity contribution in [2.45, 2.75) is 37.6 Å². The largest absolute Gasteiger partial charge is 0.391 e. The first-order chi connectivity index (χ1) is 9.50. The van der Waals surface area contributed by atoms with E-state index >= 15 is 0 Å². The van der Waals surface area contributed by atoms with Gasteiger partial charge in [-0.3, -0.25) is 9.36 Å². The molecule has 1 fully saturated rings. The first kappa shape index (κ1) is 13.2. The molecule has 9 nitrogen and oxygen atoms in total. The third kappa shape index (κ3) is 1.83. The van der Waals surface area contributed by atoms with Gasteiger partial charge in [0.1, 0.15) is 24.6 Å². The molecule has 0 bridgehead atoms. The van der Waals surface area contributed by atoms with Gasteiger partial charge in [0.15, 0.2) is 17.4 Å². The van der Waals surface area contributed by atoms with E-state index in [0.29, 0.717) is 0 Å². The van der Waals surface area contributed by atoms with Crippen LogP contribution in [0.25, 0.3) is 11.2 Å². The number of aliphatic hydroxyl groups is 3. The van der Waals surface area contributed by atoms with Crippen molar-refractivity contribution < 1.29 is 20.1 Å². The van der Waals surface area contributed by atoms with Crippen LogP contribution in [0.3, 0.4) is 0 Å². The zero-order valence-electron chi connectivity index (χ0n) is 10.5. The van der Waals surface area contributed by atoms with Crippen LogP contribution in [0.1, 0.15) is 13.2 Å². The van der Waals surface area contributed by atoms with Crippen LogP contribution >= 0.6 is 0 Å². The number of fused-ring (bicyclic) bond motifs is 1. The summed E-state index contributed by atoms with van der Waals surface area (Å²) in [6.07, 6.45) is -2.93. The van der Waals surface area contributed by atoms with E-state index in [2.05, 4.69) is 15.0 Å². The summed E-state index contributed by atoms with van der Waals surface area (Å²) in [4.78, 5) is 22.1. The molecule has 20 heavy (non-hydrogen) atoms. The van der Waals surface area contributed by atoms with E-state index in [1.54, 1.807) is 0 Å². The van der Waals surface area contributed by atoms with Gasteiger partial charge in [-0.05, 0) is 6.92 Å². The van der Waals surface area contributed by atoms with E-state index in [4.69, 9.17) is 4.74 Å². The molecule has 0 aromatic carbocycles. The second kappa shape index (κ2) is 4.63. The Morgan fingerprint density at radius 1 is 1.40 bits per heavy atom. The van der Waals surface area contributed by atoms with Crippen LogP contribution < -0.4 is 5.56 Å². The van der Waals surface area contributed by atoms with Gasteiger partial charge < -0.3 is 25.0 Å². The van der Waals surface area contributed by atoms with Crippen LogP contribution in [0.5, 0.6) is 0 Å². The Bertz CT molecular complexity index is 681. The van der Waals surface area contributed by atoms with Crippen molar-refractivity contribution >= 4 is 11.2 Å². The lowest BCUT2D eigenvalue weighted by Crippen LogP contribution is -2.37. The fourth-order valence-corrected chi connectivity index (χ4v) is 2.39. The van der Waals surface area contributed by atoms with Crippen LogP contribution in [-0.2, 0) is 4.74 Å². The molecule has 1 saturated heterocycles. The van der Waals surface area contributed by atoms with Gasteiger partial charge in [-0.2, -0.15) is 0 Å². The van der Waals surface area contributed by atoms with Crippen molar-refractivity contribution in [2.75, 3.05) is 0 Å². The van der Waals surface area contributed by atoms with E-state index in [0.717, 1.165) is 0 Å². The zero-order valence-corrected chi connectivity index (χ0v) is 10.5. The molecule has 0 spiro atoms. The molecular formula is C11H14N4O5. The Balaban J connectivity index is 2.06. The number of H-pyrrole nitrogens is 1. The third-order valence-electron chi connectivity index (χ3n) is 3.40. The molecule has 5 atom stereocenters. The Kier molecular flexibility index (Phi) is 3.05. The van der Waals surface area contributed by atoms with E-state index in [1.165, 1.54) is 24.1 Å². The highest BCUT2D eigenvalue weighted by molar-refractivity contribution is 5.69. The number of imidazole rings is 1. The average molecular weight is 282 g/mol. The summed E-state index contributed by atoms with van der Waals surface area (Å²) >= 11 is 0. The highest BCUT2D eigenvalue weighted by Crippen LogP contribution is 2.32. The number of nitrogens with zero attached hydrogens (tertiary/aromatic N) is 3. The van der Waals surface area contributed by atoms with Gasteiger partial charge in [-0.25, -0.2) is 9.97 Å². The monoisotopic (exact) mass is 282 g/mol. The number of hydrogen-bond donors (Lipinski definition) is 4. The maximum absolute atomic E-state index is 11.8. The molecule has 1 aliphatic rings. The van der Waals surface area contributed by atoms with E-state index in [-0.39, 0.29) is 11.2 Å². The van der Waals surface area contributed by atoms with Gasteiger partial charge in [-0.1, -0.05) is 0 Å². The molecule has 3 rings (SSSR count). The minimum atomic E-state index is -1.29. The topological polar surface area (TPSA) is 133 Å². The first-order valence-electron chi connectivity index (χ1n) is 6.10. The van der Waals surface area contributed by atoms with Crippen LogP contribution in [0.15, 0.2) is 17.4 Å². The molecule has 0 unspecified atom stereocenters. The molecule has 3 heterocycles. The van der Waals surface area contributed by atoms with Crippen molar-refractivity contribution in [2.24, 2.45) is 0 Å². The fraction of sp³-hybridized carbons (Fsp3) is 0.545. The number of hydrogen-bond acceptors (Lipinski definition) is 7. The summed E-state index contributed by atoms with van der Waals surface area (Å²) in [5.41, 5.74) is -0.0900. The van der Waals surface area contributed by atoms with Crippen molar-refractivity contribution in [1.82, 2.24) is 19.5 Å². The molecule has 108 valence electrons.